The van der Waals surface area contributed by atoms with Gasteiger partial charge in [-0.05, 0) is 42.7 Å². The van der Waals surface area contributed by atoms with E-state index in [-0.39, 0.29) is 5.41 Å². The maximum Gasteiger partial charge on any atom is 0.00756 e. The first-order chi connectivity index (χ1) is 8.84. The molecule has 0 unspecified atom stereocenters. The Labute approximate surface area is 111 Å². The molecular formula is C17H25N. The van der Waals surface area contributed by atoms with E-state index in [9.17, 15) is 0 Å². The second kappa shape index (κ2) is 5.05. The van der Waals surface area contributed by atoms with Gasteiger partial charge in [0, 0.05) is 12.0 Å². The standard InChI is InChI=1S/C17H25N/c18-13-17(10-2-1-3-11-17)16-9-5-8-15(12-16)14-6-4-7-14/h5,8-9,12,14H,1-4,6-7,10-11,13,18H2. The minimum Gasteiger partial charge on any atom is -0.330 e. The summed E-state index contributed by atoms with van der Waals surface area (Å²) in [5.74, 6) is 0.836. The third-order valence-electron chi connectivity index (χ3n) is 5.28. The van der Waals surface area contributed by atoms with Crippen molar-refractivity contribution < 1.29 is 0 Å². The van der Waals surface area contributed by atoms with Gasteiger partial charge in [0.05, 0.1) is 0 Å². The lowest BCUT2D eigenvalue weighted by molar-refractivity contribution is 0.300. The van der Waals surface area contributed by atoms with Crippen LogP contribution in [0, 0.1) is 0 Å². The van der Waals surface area contributed by atoms with E-state index >= 15 is 0 Å². The SMILES string of the molecule is NCC1(c2cccc(C3CCC3)c2)CCCCC1. The van der Waals surface area contributed by atoms with E-state index < -0.39 is 0 Å². The van der Waals surface area contributed by atoms with Gasteiger partial charge in [-0.15, -0.1) is 0 Å². The quantitative estimate of drug-likeness (QED) is 0.849. The first kappa shape index (κ1) is 12.2. The molecule has 0 radical (unpaired) electrons. The minimum atomic E-state index is 0.290. The molecule has 1 aromatic rings. The molecule has 2 saturated carbocycles. The summed E-state index contributed by atoms with van der Waals surface area (Å²) in [6, 6.07) is 9.37. The fourth-order valence-electron chi connectivity index (χ4n) is 3.70. The molecule has 1 heteroatoms. The van der Waals surface area contributed by atoms with Gasteiger partial charge in [0.1, 0.15) is 0 Å². The molecule has 2 aliphatic carbocycles. The van der Waals surface area contributed by atoms with Crippen LogP contribution in [-0.4, -0.2) is 6.54 Å². The van der Waals surface area contributed by atoms with Gasteiger partial charge < -0.3 is 5.73 Å². The fourth-order valence-corrected chi connectivity index (χ4v) is 3.70. The number of benzene rings is 1. The van der Waals surface area contributed by atoms with Crippen LogP contribution in [0.15, 0.2) is 24.3 Å². The Kier molecular flexibility index (Phi) is 3.43. The van der Waals surface area contributed by atoms with Gasteiger partial charge in [0.15, 0.2) is 0 Å². The highest BCUT2D eigenvalue weighted by atomic mass is 14.6. The highest BCUT2D eigenvalue weighted by Gasteiger charge is 2.33. The fraction of sp³-hybridized carbons (Fsp3) is 0.647. The molecule has 0 amide bonds. The van der Waals surface area contributed by atoms with E-state index in [1.165, 1.54) is 56.9 Å². The molecule has 18 heavy (non-hydrogen) atoms. The lowest BCUT2D eigenvalue weighted by Gasteiger charge is -2.37. The predicted octanol–water partition coefficient (Wildman–Crippen LogP) is 4.11. The molecule has 1 nitrogen and oxygen atoms in total. The molecule has 0 spiro atoms. The monoisotopic (exact) mass is 243 g/mol. The Bertz CT molecular complexity index is 400. The third-order valence-corrected chi connectivity index (χ3v) is 5.28. The number of hydrogen-bond acceptors (Lipinski definition) is 1. The van der Waals surface area contributed by atoms with Gasteiger partial charge in [-0.3, -0.25) is 0 Å². The van der Waals surface area contributed by atoms with E-state index in [0.29, 0.717) is 0 Å². The van der Waals surface area contributed by atoms with Crippen molar-refractivity contribution in [2.24, 2.45) is 5.73 Å². The van der Waals surface area contributed by atoms with Crippen LogP contribution in [0.25, 0.3) is 0 Å². The molecule has 0 atom stereocenters. The van der Waals surface area contributed by atoms with E-state index in [2.05, 4.69) is 24.3 Å². The Hall–Kier alpha value is -0.820. The second-order valence-corrected chi connectivity index (χ2v) is 6.30. The average Bonchev–Trinajstić information content (AvgIpc) is 2.38. The summed E-state index contributed by atoms with van der Waals surface area (Å²) in [6.45, 7) is 0.821. The Morgan fingerprint density at radius 1 is 1.06 bits per heavy atom. The minimum absolute atomic E-state index is 0.290. The van der Waals surface area contributed by atoms with Crippen molar-refractivity contribution in [3.63, 3.8) is 0 Å². The van der Waals surface area contributed by atoms with Crippen LogP contribution in [-0.2, 0) is 5.41 Å². The maximum atomic E-state index is 6.14. The molecule has 98 valence electrons. The predicted molar refractivity (Wildman–Crippen MR) is 76.9 cm³/mol. The molecule has 1 aromatic carbocycles. The van der Waals surface area contributed by atoms with Crippen molar-refractivity contribution in [2.45, 2.75) is 62.7 Å². The number of rotatable bonds is 3. The summed E-state index contributed by atoms with van der Waals surface area (Å²) in [7, 11) is 0. The molecule has 0 bridgehead atoms. The number of nitrogens with two attached hydrogens (primary N) is 1. The Morgan fingerprint density at radius 3 is 2.44 bits per heavy atom. The molecule has 0 heterocycles. The van der Waals surface area contributed by atoms with Gasteiger partial charge in [-0.25, -0.2) is 0 Å². The van der Waals surface area contributed by atoms with Crippen LogP contribution >= 0.6 is 0 Å². The molecule has 0 aliphatic heterocycles. The molecule has 2 N–H and O–H groups in total. The van der Waals surface area contributed by atoms with E-state index in [0.717, 1.165) is 12.5 Å². The first-order valence-corrected chi connectivity index (χ1v) is 7.65. The Morgan fingerprint density at radius 2 is 1.83 bits per heavy atom. The van der Waals surface area contributed by atoms with Gasteiger partial charge in [0.25, 0.3) is 0 Å². The van der Waals surface area contributed by atoms with Crippen molar-refractivity contribution in [2.75, 3.05) is 6.54 Å². The summed E-state index contributed by atoms with van der Waals surface area (Å²) in [5.41, 5.74) is 9.52. The lowest BCUT2D eigenvalue weighted by atomic mass is 9.68. The van der Waals surface area contributed by atoms with Crippen LogP contribution in [0.2, 0.25) is 0 Å². The summed E-state index contributed by atoms with van der Waals surface area (Å²) in [4.78, 5) is 0. The van der Waals surface area contributed by atoms with Crippen molar-refractivity contribution >= 4 is 0 Å². The normalized spacial score (nSPS) is 23.6. The van der Waals surface area contributed by atoms with Crippen molar-refractivity contribution in [1.29, 1.82) is 0 Å². The highest BCUT2D eigenvalue weighted by molar-refractivity contribution is 5.33. The van der Waals surface area contributed by atoms with Crippen LogP contribution < -0.4 is 5.73 Å². The summed E-state index contributed by atoms with van der Waals surface area (Å²) >= 11 is 0. The molecule has 3 rings (SSSR count). The maximum absolute atomic E-state index is 6.14. The van der Waals surface area contributed by atoms with Crippen LogP contribution in [0.5, 0.6) is 0 Å². The zero-order valence-electron chi connectivity index (χ0n) is 11.3. The number of hydrogen-bond donors (Lipinski definition) is 1. The zero-order chi connectivity index (χ0) is 12.4. The van der Waals surface area contributed by atoms with Crippen LogP contribution in [0.3, 0.4) is 0 Å². The zero-order valence-corrected chi connectivity index (χ0v) is 11.3. The van der Waals surface area contributed by atoms with Crippen molar-refractivity contribution in [3.05, 3.63) is 35.4 Å². The summed E-state index contributed by atoms with van der Waals surface area (Å²) < 4.78 is 0. The molecule has 0 saturated heterocycles. The second-order valence-electron chi connectivity index (χ2n) is 6.30. The Balaban J connectivity index is 1.89. The summed E-state index contributed by atoms with van der Waals surface area (Å²) in [6.07, 6.45) is 10.9. The average molecular weight is 243 g/mol. The van der Waals surface area contributed by atoms with Gasteiger partial charge in [0.2, 0.25) is 0 Å². The molecule has 2 aliphatic rings. The smallest absolute Gasteiger partial charge is 0.00756 e. The van der Waals surface area contributed by atoms with E-state index in [4.69, 9.17) is 5.73 Å². The van der Waals surface area contributed by atoms with E-state index in [1.54, 1.807) is 5.56 Å². The van der Waals surface area contributed by atoms with Crippen molar-refractivity contribution in [3.8, 4) is 0 Å². The lowest BCUT2D eigenvalue weighted by Crippen LogP contribution is -2.37. The largest absolute Gasteiger partial charge is 0.330 e. The summed E-state index contributed by atoms with van der Waals surface area (Å²) in [5, 5.41) is 0. The molecule has 0 aromatic heterocycles. The van der Waals surface area contributed by atoms with Gasteiger partial charge in [-0.2, -0.15) is 0 Å². The van der Waals surface area contributed by atoms with Crippen molar-refractivity contribution in [1.82, 2.24) is 0 Å². The molecular weight excluding hydrogens is 218 g/mol. The van der Waals surface area contributed by atoms with Gasteiger partial charge >= 0.3 is 0 Å². The van der Waals surface area contributed by atoms with E-state index in [1.807, 2.05) is 0 Å². The van der Waals surface area contributed by atoms with Crippen LogP contribution in [0.1, 0.15) is 68.4 Å². The third kappa shape index (κ3) is 2.09. The highest BCUT2D eigenvalue weighted by Crippen LogP contribution is 2.41. The van der Waals surface area contributed by atoms with Crippen LogP contribution in [0.4, 0.5) is 0 Å². The topological polar surface area (TPSA) is 26.0 Å². The first-order valence-electron chi connectivity index (χ1n) is 7.65. The molecule has 2 fully saturated rings. The van der Waals surface area contributed by atoms with Gasteiger partial charge in [-0.1, -0.05) is 49.9 Å².